The molecule has 1 aromatic heterocycles. The van der Waals surface area contributed by atoms with Crippen molar-refractivity contribution in [3.63, 3.8) is 0 Å². The summed E-state index contributed by atoms with van der Waals surface area (Å²) >= 11 is 0. The topological polar surface area (TPSA) is 36.7 Å². The number of halogens is 3. The Morgan fingerprint density at radius 3 is 2.50 bits per heavy atom. The number of aromatic nitrogens is 1. The van der Waals surface area contributed by atoms with E-state index in [1.165, 1.54) is 18.5 Å². The Morgan fingerprint density at radius 2 is 1.80 bits per heavy atom. The summed E-state index contributed by atoms with van der Waals surface area (Å²) < 4.78 is 37.7. The van der Waals surface area contributed by atoms with Gasteiger partial charge in [-0.1, -0.05) is 24.3 Å². The van der Waals surface area contributed by atoms with E-state index in [1.807, 2.05) is 6.07 Å². The molecule has 2 rings (SSSR count). The van der Waals surface area contributed by atoms with Crippen LogP contribution in [0.3, 0.4) is 0 Å². The standard InChI is InChI=1S/C15H9F3N2/c16-15(17,18)14-3-1-2-11(7-14)4-5-12-6-13(8-19)10-20-9-12/h1-7,9-10H/b5-4+. The van der Waals surface area contributed by atoms with Gasteiger partial charge in [-0.3, -0.25) is 4.98 Å². The van der Waals surface area contributed by atoms with Crippen LogP contribution >= 0.6 is 0 Å². The van der Waals surface area contributed by atoms with Crippen LogP contribution in [0.1, 0.15) is 22.3 Å². The molecule has 0 saturated heterocycles. The number of alkyl halides is 3. The van der Waals surface area contributed by atoms with E-state index in [2.05, 4.69) is 4.98 Å². The first-order valence-corrected chi connectivity index (χ1v) is 5.69. The van der Waals surface area contributed by atoms with Crippen LogP contribution < -0.4 is 0 Å². The molecule has 0 fully saturated rings. The highest BCUT2D eigenvalue weighted by Crippen LogP contribution is 2.29. The molecule has 0 aliphatic rings. The quantitative estimate of drug-likeness (QED) is 0.825. The first-order chi connectivity index (χ1) is 9.49. The molecule has 20 heavy (non-hydrogen) atoms. The van der Waals surface area contributed by atoms with E-state index >= 15 is 0 Å². The maximum Gasteiger partial charge on any atom is 0.416 e. The Kier molecular flexibility index (Phi) is 3.85. The van der Waals surface area contributed by atoms with Gasteiger partial charge in [0.15, 0.2) is 0 Å². The van der Waals surface area contributed by atoms with E-state index in [4.69, 9.17) is 5.26 Å². The summed E-state index contributed by atoms with van der Waals surface area (Å²) in [5.41, 5.74) is 0.795. The summed E-state index contributed by atoms with van der Waals surface area (Å²) in [6.07, 6.45) is 1.76. The number of benzene rings is 1. The highest BCUT2D eigenvalue weighted by molar-refractivity contribution is 5.70. The van der Waals surface area contributed by atoms with Gasteiger partial charge in [-0.25, -0.2) is 0 Å². The SMILES string of the molecule is N#Cc1cncc(/C=C/c2cccc(C(F)(F)F)c2)c1. The average molecular weight is 274 g/mol. The molecular weight excluding hydrogens is 265 g/mol. The Labute approximate surface area is 113 Å². The Morgan fingerprint density at radius 1 is 1.05 bits per heavy atom. The zero-order valence-electron chi connectivity index (χ0n) is 10.2. The van der Waals surface area contributed by atoms with Crippen molar-refractivity contribution in [3.05, 3.63) is 65.0 Å². The number of nitriles is 1. The summed E-state index contributed by atoms with van der Waals surface area (Å²) in [5.74, 6) is 0. The molecule has 0 N–H and O–H groups in total. The lowest BCUT2D eigenvalue weighted by Gasteiger charge is -2.06. The van der Waals surface area contributed by atoms with E-state index in [9.17, 15) is 13.2 Å². The minimum absolute atomic E-state index is 0.399. The molecule has 5 heteroatoms. The molecule has 0 unspecified atom stereocenters. The lowest BCUT2D eigenvalue weighted by atomic mass is 10.1. The predicted octanol–water partition coefficient (Wildman–Crippen LogP) is 4.14. The minimum Gasteiger partial charge on any atom is -0.263 e. The van der Waals surface area contributed by atoms with Crippen LogP contribution in [0.2, 0.25) is 0 Å². The van der Waals surface area contributed by atoms with Crippen molar-refractivity contribution in [2.24, 2.45) is 0 Å². The summed E-state index contributed by atoms with van der Waals surface area (Å²) in [4.78, 5) is 3.87. The van der Waals surface area contributed by atoms with Gasteiger partial charge >= 0.3 is 6.18 Å². The molecule has 2 aromatic rings. The maximum atomic E-state index is 12.6. The van der Waals surface area contributed by atoms with Crippen molar-refractivity contribution in [2.75, 3.05) is 0 Å². The molecule has 0 atom stereocenters. The van der Waals surface area contributed by atoms with E-state index < -0.39 is 11.7 Å². The third-order valence-corrected chi connectivity index (χ3v) is 2.57. The molecule has 0 amide bonds. The molecule has 0 bridgehead atoms. The number of rotatable bonds is 2. The van der Waals surface area contributed by atoms with Gasteiger partial charge in [0.1, 0.15) is 6.07 Å². The molecular formula is C15H9F3N2. The first-order valence-electron chi connectivity index (χ1n) is 5.69. The van der Waals surface area contributed by atoms with Crippen molar-refractivity contribution >= 4 is 12.2 Å². The van der Waals surface area contributed by atoms with Gasteiger partial charge in [0.2, 0.25) is 0 Å². The Bertz CT molecular complexity index is 682. The third-order valence-electron chi connectivity index (χ3n) is 2.57. The molecule has 0 aliphatic carbocycles. The first kappa shape index (κ1) is 13.8. The number of pyridine rings is 1. The lowest BCUT2D eigenvalue weighted by molar-refractivity contribution is -0.137. The highest BCUT2D eigenvalue weighted by atomic mass is 19.4. The second-order valence-corrected chi connectivity index (χ2v) is 4.08. The second kappa shape index (κ2) is 5.57. The fourth-order valence-corrected chi connectivity index (χ4v) is 1.62. The van der Waals surface area contributed by atoms with E-state index in [1.54, 1.807) is 24.3 Å². The van der Waals surface area contributed by atoms with Crippen molar-refractivity contribution in [1.29, 1.82) is 5.26 Å². The van der Waals surface area contributed by atoms with Crippen LogP contribution in [0.4, 0.5) is 13.2 Å². The lowest BCUT2D eigenvalue weighted by Crippen LogP contribution is -2.04. The molecule has 0 saturated carbocycles. The predicted molar refractivity (Wildman–Crippen MR) is 69.3 cm³/mol. The summed E-state index contributed by atoms with van der Waals surface area (Å²) in [6, 6.07) is 8.58. The minimum atomic E-state index is -4.36. The van der Waals surface area contributed by atoms with Gasteiger partial charge in [-0.15, -0.1) is 0 Å². The van der Waals surface area contributed by atoms with Crippen LogP contribution in [0.15, 0.2) is 42.7 Å². The van der Waals surface area contributed by atoms with Gasteiger partial charge in [-0.05, 0) is 29.3 Å². The third kappa shape index (κ3) is 3.45. The Hall–Kier alpha value is -2.61. The summed E-state index contributed by atoms with van der Waals surface area (Å²) in [6.45, 7) is 0. The van der Waals surface area contributed by atoms with E-state index in [0.29, 0.717) is 16.7 Å². The molecule has 0 spiro atoms. The van der Waals surface area contributed by atoms with Crippen LogP contribution in [0.5, 0.6) is 0 Å². The second-order valence-electron chi connectivity index (χ2n) is 4.08. The van der Waals surface area contributed by atoms with E-state index in [-0.39, 0.29) is 0 Å². The van der Waals surface area contributed by atoms with E-state index in [0.717, 1.165) is 12.1 Å². The number of nitrogens with zero attached hydrogens (tertiary/aromatic N) is 2. The largest absolute Gasteiger partial charge is 0.416 e. The fourth-order valence-electron chi connectivity index (χ4n) is 1.62. The van der Waals surface area contributed by atoms with Crippen LogP contribution in [-0.2, 0) is 6.18 Å². The van der Waals surface area contributed by atoms with Gasteiger partial charge in [0, 0.05) is 12.4 Å². The molecule has 1 aromatic carbocycles. The van der Waals surface area contributed by atoms with Crippen molar-refractivity contribution in [3.8, 4) is 6.07 Å². The monoisotopic (exact) mass is 274 g/mol. The van der Waals surface area contributed by atoms with Gasteiger partial charge < -0.3 is 0 Å². The van der Waals surface area contributed by atoms with Crippen LogP contribution in [0.25, 0.3) is 12.2 Å². The molecule has 1 heterocycles. The molecule has 0 radical (unpaired) electrons. The fraction of sp³-hybridized carbons (Fsp3) is 0.0667. The van der Waals surface area contributed by atoms with Gasteiger partial charge in [-0.2, -0.15) is 18.4 Å². The van der Waals surface area contributed by atoms with Crippen molar-refractivity contribution in [2.45, 2.75) is 6.18 Å². The van der Waals surface area contributed by atoms with Crippen molar-refractivity contribution in [1.82, 2.24) is 4.98 Å². The smallest absolute Gasteiger partial charge is 0.263 e. The maximum absolute atomic E-state index is 12.6. The zero-order chi connectivity index (χ0) is 14.6. The number of hydrogen-bond acceptors (Lipinski definition) is 2. The normalized spacial score (nSPS) is 11.5. The zero-order valence-corrected chi connectivity index (χ0v) is 10.2. The number of hydrogen-bond donors (Lipinski definition) is 0. The average Bonchev–Trinajstić information content (AvgIpc) is 2.45. The highest BCUT2D eigenvalue weighted by Gasteiger charge is 2.30. The van der Waals surface area contributed by atoms with Crippen LogP contribution in [0, 0.1) is 11.3 Å². The van der Waals surface area contributed by atoms with Gasteiger partial charge in [0.25, 0.3) is 0 Å². The molecule has 0 aliphatic heterocycles. The summed E-state index contributed by atoms with van der Waals surface area (Å²) in [7, 11) is 0. The summed E-state index contributed by atoms with van der Waals surface area (Å²) in [5, 5.41) is 8.73. The van der Waals surface area contributed by atoms with Crippen LogP contribution in [-0.4, -0.2) is 4.98 Å². The molecule has 2 nitrogen and oxygen atoms in total. The Balaban J connectivity index is 2.25. The van der Waals surface area contributed by atoms with Crippen molar-refractivity contribution < 1.29 is 13.2 Å². The molecule has 100 valence electrons. The van der Waals surface area contributed by atoms with Gasteiger partial charge in [0.05, 0.1) is 11.1 Å².